The minimum atomic E-state index is -1.08. The van der Waals surface area contributed by atoms with Gasteiger partial charge in [0.25, 0.3) is 5.56 Å². The molecule has 0 amide bonds. The molecule has 8 heteroatoms. The van der Waals surface area contributed by atoms with Gasteiger partial charge >= 0.3 is 11.7 Å². The summed E-state index contributed by atoms with van der Waals surface area (Å²) in [7, 11) is 0. The van der Waals surface area contributed by atoms with Gasteiger partial charge in [0.2, 0.25) is 5.82 Å². The minimum Gasteiger partial charge on any atom is -0.480 e. The average molecular weight is 228 g/mol. The molecule has 0 aliphatic heterocycles. The number of carboxylic acids is 1. The molecule has 16 heavy (non-hydrogen) atoms. The van der Waals surface area contributed by atoms with Crippen molar-refractivity contribution in [2.75, 3.05) is 11.4 Å². The third-order valence-corrected chi connectivity index (χ3v) is 1.89. The van der Waals surface area contributed by atoms with Gasteiger partial charge in [0, 0.05) is 6.04 Å². The molecule has 0 saturated heterocycles. The fourth-order valence-electron chi connectivity index (χ4n) is 1.18. The van der Waals surface area contributed by atoms with Gasteiger partial charge in [-0.15, -0.1) is 5.10 Å². The Morgan fingerprint density at radius 3 is 2.56 bits per heavy atom. The molecule has 1 heterocycles. The number of carbonyl (C=O) groups is 1. The van der Waals surface area contributed by atoms with Crippen molar-refractivity contribution in [2.45, 2.75) is 19.9 Å². The second kappa shape index (κ2) is 4.60. The number of H-pyrrole nitrogens is 2. The highest BCUT2D eigenvalue weighted by atomic mass is 16.4. The van der Waals surface area contributed by atoms with Crippen molar-refractivity contribution in [3.05, 3.63) is 20.8 Å². The van der Waals surface area contributed by atoms with Gasteiger partial charge in [-0.3, -0.25) is 14.6 Å². The number of anilines is 1. The van der Waals surface area contributed by atoms with Crippen LogP contribution in [0.1, 0.15) is 13.8 Å². The predicted octanol–water partition coefficient (Wildman–Crippen LogP) is -1.24. The Morgan fingerprint density at radius 2 is 2.12 bits per heavy atom. The Kier molecular flexibility index (Phi) is 3.44. The fourth-order valence-corrected chi connectivity index (χ4v) is 1.18. The van der Waals surface area contributed by atoms with Crippen molar-refractivity contribution < 1.29 is 9.90 Å². The second-order valence-electron chi connectivity index (χ2n) is 3.45. The van der Waals surface area contributed by atoms with Gasteiger partial charge < -0.3 is 10.0 Å². The average Bonchev–Trinajstić information content (AvgIpc) is 2.14. The van der Waals surface area contributed by atoms with E-state index in [1.807, 2.05) is 4.98 Å². The zero-order valence-corrected chi connectivity index (χ0v) is 8.85. The van der Waals surface area contributed by atoms with Gasteiger partial charge in [0.15, 0.2) is 0 Å². The maximum absolute atomic E-state index is 11.4. The van der Waals surface area contributed by atoms with Crippen LogP contribution in [0, 0.1) is 0 Å². The minimum absolute atomic E-state index is 0.114. The number of aliphatic carboxylic acids is 1. The molecule has 0 aliphatic rings. The molecule has 3 N–H and O–H groups in total. The van der Waals surface area contributed by atoms with E-state index >= 15 is 0 Å². The van der Waals surface area contributed by atoms with Crippen LogP contribution in [0.15, 0.2) is 9.59 Å². The lowest BCUT2D eigenvalue weighted by atomic mass is 10.3. The van der Waals surface area contributed by atoms with E-state index in [-0.39, 0.29) is 18.4 Å². The lowest BCUT2D eigenvalue weighted by Crippen LogP contribution is -2.41. The van der Waals surface area contributed by atoms with E-state index in [1.54, 1.807) is 13.8 Å². The molecule has 0 aliphatic carbocycles. The number of carboxylic acid groups (broad SMARTS) is 1. The van der Waals surface area contributed by atoms with Gasteiger partial charge in [-0.25, -0.2) is 9.89 Å². The molecule has 0 saturated carbocycles. The summed E-state index contributed by atoms with van der Waals surface area (Å²) in [6.45, 7) is 3.07. The first kappa shape index (κ1) is 12.0. The third-order valence-electron chi connectivity index (χ3n) is 1.89. The lowest BCUT2D eigenvalue weighted by molar-refractivity contribution is -0.135. The number of hydrogen-bond acceptors (Lipinski definition) is 5. The van der Waals surface area contributed by atoms with E-state index in [0.29, 0.717) is 0 Å². The fraction of sp³-hybridized carbons (Fsp3) is 0.500. The molecule has 0 spiro atoms. The maximum Gasteiger partial charge on any atom is 0.342 e. The summed E-state index contributed by atoms with van der Waals surface area (Å²) < 4.78 is 0. The molecule has 1 aromatic rings. The van der Waals surface area contributed by atoms with Crippen molar-refractivity contribution in [1.29, 1.82) is 0 Å². The molecule has 0 bridgehead atoms. The number of nitrogens with one attached hydrogen (secondary N) is 2. The number of rotatable bonds is 4. The molecule has 1 rings (SSSR count). The van der Waals surface area contributed by atoms with Gasteiger partial charge in [-0.2, -0.15) is 0 Å². The lowest BCUT2D eigenvalue weighted by Gasteiger charge is -2.24. The molecule has 88 valence electrons. The van der Waals surface area contributed by atoms with Crippen molar-refractivity contribution in [3.63, 3.8) is 0 Å². The van der Waals surface area contributed by atoms with E-state index in [0.717, 1.165) is 0 Å². The SMILES string of the molecule is CC(C)N(CC(=O)O)c1n[nH]c(=O)[nH]c1=O. The van der Waals surface area contributed by atoms with E-state index in [2.05, 4.69) is 10.2 Å². The van der Waals surface area contributed by atoms with Crippen molar-refractivity contribution >= 4 is 11.8 Å². The highest BCUT2D eigenvalue weighted by Gasteiger charge is 2.18. The van der Waals surface area contributed by atoms with Gasteiger partial charge in [-0.05, 0) is 13.8 Å². The highest BCUT2D eigenvalue weighted by Crippen LogP contribution is 2.05. The van der Waals surface area contributed by atoms with E-state index in [4.69, 9.17) is 5.11 Å². The largest absolute Gasteiger partial charge is 0.480 e. The van der Waals surface area contributed by atoms with Crippen LogP contribution in [0.2, 0.25) is 0 Å². The summed E-state index contributed by atoms with van der Waals surface area (Å²) >= 11 is 0. The predicted molar refractivity (Wildman–Crippen MR) is 55.6 cm³/mol. The molecule has 0 aromatic carbocycles. The highest BCUT2D eigenvalue weighted by molar-refractivity contribution is 5.73. The van der Waals surface area contributed by atoms with Crippen LogP contribution in [0.5, 0.6) is 0 Å². The van der Waals surface area contributed by atoms with E-state index < -0.39 is 17.2 Å². The van der Waals surface area contributed by atoms with Gasteiger partial charge in [0.05, 0.1) is 0 Å². The van der Waals surface area contributed by atoms with Crippen molar-refractivity contribution in [2.24, 2.45) is 0 Å². The Balaban J connectivity index is 3.16. The molecular weight excluding hydrogens is 216 g/mol. The standard InChI is InChI=1S/C8H12N4O4/c1-4(2)12(3-5(13)14)6-7(15)9-8(16)11-10-6/h4H,3H2,1-2H3,(H,13,14)(H2,9,11,15,16). The summed E-state index contributed by atoms with van der Waals surface area (Å²) in [5.41, 5.74) is -1.44. The van der Waals surface area contributed by atoms with Crippen LogP contribution in [0.4, 0.5) is 5.82 Å². The van der Waals surface area contributed by atoms with Gasteiger partial charge in [0.1, 0.15) is 6.54 Å². The summed E-state index contributed by atoms with van der Waals surface area (Å²) in [6.07, 6.45) is 0. The normalized spacial score (nSPS) is 10.4. The molecule has 0 radical (unpaired) electrons. The van der Waals surface area contributed by atoms with Crippen molar-refractivity contribution in [1.82, 2.24) is 15.2 Å². The Bertz CT molecular complexity index is 489. The molecule has 0 fully saturated rings. The third kappa shape index (κ3) is 2.69. The number of aromatic amines is 2. The van der Waals surface area contributed by atoms with Crippen LogP contribution in [0.3, 0.4) is 0 Å². The van der Waals surface area contributed by atoms with Crippen LogP contribution in [-0.2, 0) is 4.79 Å². The molecule has 0 unspecified atom stereocenters. The number of hydrogen-bond donors (Lipinski definition) is 3. The van der Waals surface area contributed by atoms with Crippen LogP contribution < -0.4 is 16.1 Å². The molecule has 1 aromatic heterocycles. The Hall–Kier alpha value is -2.12. The summed E-state index contributed by atoms with van der Waals surface area (Å²) in [4.78, 5) is 36.0. The molecule has 0 atom stereocenters. The number of aromatic nitrogens is 3. The second-order valence-corrected chi connectivity index (χ2v) is 3.45. The first-order valence-corrected chi connectivity index (χ1v) is 4.59. The zero-order chi connectivity index (χ0) is 12.3. The zero-order valence-electron chi connectivity index (χ0n) is 8.85. The van der Waals surface area contributed by atoms with Crippen molar-refractivity contribution in [3.8, 4) is 0 Å². The van der Waals surface area contributed by atoms with E-state index in [9.17, 15) is 14.4 Å². The van der Waals surface area contributed by atoms with E-state index in [1.165, 1.54) is 4.90 Å². The quantitative estimate of drug-likeness (QED) is 0.592. The number of nitrogens with zero attached hydrogens (tertiary/aromatic N) is 2. The summed E-state index contributed by atoms with van der Waals surface area (Å²) in [5.74, 6) is -1.20. The molecular formula is C8H12N4O4. The Morgan fingerprint density at radius 1 is 1.50 bits per heavy atom. The van der Waals surface area contributed by atoms with Gasteiger partial charge in [-0.1, -0.05) is 0 Å². The topological polar surface area (TPSA) is 119 Å². The smallest absolute Gasteiger partial charge is 0.342 e. The monoisotopic (exact) mass is 228 g/mol. The first-order valence-electron chi connectivity index (χ1n) is 4.59. The summed E-state index contributed by atoms with van der Waals surface area (Å²) in [5, 5.41) is 14.3. The Labute approximate surface area is 89.9 Å². The van der Waals surface area contributed by atoms with Crippen LogP contribution in [-0.4, -0.2) is 38.8 Å². The van der Waals surface area contributed by atoms with Crippen LogP contribution in [0.25, 0.3) is 0 Å². The molecule has 8 nitrogen and oxygen atoms in total. The maximum atomic E-state index is 11.4. The first-order chi connectivity index (χ1) is 7.41. The summed E-state index contributed by atoms with van der Waals surface area (Å²) in [6, 6.07) is -0.226. The van der Waals surface area contributed by atoms with Crippen LogP contribution >= 0.6 is 0 Å².